The van der Waals surface area contributed by atoms with Gasteiger partial charge in [0.25, 0.3) is 0 Å². The van der Waals surface area contributed by atoms with Gasteiger partial charge in [-0.2, -0.15) is 20.1 Å². The van der Waals surface area contributed by atoms with Crippen molar-refractivity contribution < 1.29 is 4.74 Å². The summed E-state index contributed by atoms with van der Waals surface area (Å²) < 4.78 is 5.86. The van der Waals surface area contributed by atoms with Crippen molar-refractivity contribution in [2.24, 2.45) is 0 Å². The Labute approximate surface area is 147 Å². The minimum atomic E-state index is -0.188. The van der Waals surface area contributed by atoms with E-state index in [-0.39, 0.29) is 12.0 Å². The van der Waals surface area contributed by atoms with E-state index in [1.165, 1.54) is 0 Å². The SMILES string of the molecule is CCc1nc(C2CN(c3nc(C(C)C)nc(N(C)C)n3)CCO2)n[nH]1. The second-order valence-electron chi connectivity index (χ2n) is 6.64. The molecule has 9 heteroatoms. The third kappa shape index (κ3) is 3.87. The number of nitrogens with zero attached hydrogens (tertiary/aromatic N) is 7. The highest BCUT2D eigenvalue weighted by molar-refractivity contribution is 5.39. The summed E-state index contributed by atoms with van der Waals surface area (Å²) in [6.07, 6.45) is 0.633. The van der Waals surface area contributed by atoms with Crippen molar-refractivity contribution in [2.75, 3.05) is 43.6 Å². The van der Waals surface area contributed by atoms with Crippen LogP contribution in [0.25, 0.3) is 0 Å². The van der Waals surface area contributed by atoms with Gasteiger partial charge in [0, 0.05) is 33.0 Å². The molecule has 0 aromatic carbocycles. The molecule has 1 unspecified atom stereocenters. The number of nitrogens with one attached hydrogen (secondary N) is 1. The topological polar surface area (TPSA) is 96.0 Å². The standard InChI is InChI=1S/C16H26N8O/c1-6-12-17-14(22-21-12)11-9-24(7-8-25-11)16-19-13(10(2)3)18-15(20-16)23(4)5/h10-11H,6-9H2,1-5H3,(H,17,21,22). The van der Waals surface area contributed by atoms with Crippen LogP contribution in [-0.4, -0.2) is 63.9 Å². The Morgan fingerprint density at radius 2 is 2.04 bits per heavy atom. The van der Waals surface area contributed by atoms with Crippen molar-refractivity contribution in [3.05, 3.63) is 17.5 Å². The predicted molar refractivity (Wildman–Crippen MR) is 94.9 cm³/mol. The van der Waals surface area contributed by atoms with E-state index < -0.39 is 0 Å². The average molecular weight is 346 g/mol. The van der Waals surface area contributed by atoms with Gasteiger partial charge in [-0.3, -0.25) is 5.10 Å². The van der Waals surface area contributed by atoms with E-state index in [1.807, 2.05) is 25.9 Å². The molecule has 0 radical (unpaired) electrons. The normalized spacial score (nSPS) is 18.0. The summed E-state index contributed by atoms with van der Waals surface area (Å²) in [4.78, 5) is 22.3. The molecule has 2 aromatic heterocycles. The van der Waals surface area contributed by atoms with Gasteiger partial charge in [0.1, 0.15) is 17.8 Å². The molecule has 25 heavy (non-hydrogen) atoms. The van der Waals surface area contributed by atoms with Crippen molar-refractivity contribution >= 4 is 11.9 Å². The van der Waals surface area contributed by atoms with Crippen molar-refractivity contribution in [3.8, 4) is 0 Å². The summed E-state index contributed by atoms with van der Waals surface area (Å²) in [5, 5.41) is 7.23. The van der Waals surface area contributed by atoms with Crippen molar-refractivity contribution in [2.45, 2.75) is 39.2 Å². The third-order valence-electron chi connectivity index (χ3n) is 4.07. The lowest BCUT2D eigenvalue weighted by atomic mass is 10.2. The van der Waals surface area contributed by atoms with Gasteiger partial charge in [0.15, 0.2) is 5.82 Å². The molecule has 2 aromatic rings. The van der Waals surface area contributed by atoms with Crippen LogP contribution in [0.15, 0.2) is 0 Å². The quantitative estimate of drug-likeness (QED) is 0.866. The van der Waals surface area contributed by atoms with E-state index in [4.69, 9.17) is 4.74 Å². The van der Waals surface area contributed by atoms with Crippen molar-refractivity contribution in [3.63, 3.8) is 0 Å². The molecule has 1 aliphatic rings. The van der Waals surface area contributed by atoms with E-state index in [1.54, 1.807) is 0 Å². The first kappa shape index (κ1) is 17.5. The molecule has 9 nitrogen and oxygen atoms in total. The first-order valence-electron chi connectivity index (χ1n) is 8.69. The minimum absolute atomic E-state index is 0.188. The third-order valence-corrected chi connectivity index (χ3v) is 4.07. The highest BCUT2D eigenvalue weighted by Crippen LogP contribution is 2.24. The number of aryl methyl sites for hydroxylation is 1. The van der Waals surface area contributed by atoms with Crippen molar-refractivity contribution in [1.82, 2.24) is 30.1 Å². The monoisotopic (exact) mass is 346 g/mol. The smallest absolute Gasteiger partial charge is 0.230 e. The molecule has 136 valence electrons. The zero-order valence-corrected chi connectivity index (χ0v) is 15.5. The largest absolute Gasteiger partial charge is 0.366 e. The fourth-order valence-electron chi connectivity index (χ4n) is 2.57. The van der Waals surface area contributed by atoms with E-state index >= 15 is 0 Å². The number of ether oxygens (including phenoxy) is 1. The number of aromatic amines is 1. The maximum atomic E-state index is 5.86. The van der Waals surface area contributed by atoms with E-state index in [0.717, 1.165) is 24.6 Å². The first-order valence-corrected chi connectivity index (χ1v) is 8.69. The Morgan fingerprint density at radius 1 is 1.24 bits per heavy atom. The van der Waals surface area contributed by atoms with Gasteiger partial charge in [-0.25, -0.2) is 4.98 Å². The van der Waals surface area contributed by atoms with Gasteiger partial charge in [0.2, 0.25) is 11.9 Å². The highest BCUT2D eigenvalue weighted by Gasteiger charge is 2.27. The van der Waals surface area contributed by atoms with Crippen LogP contribution in [0.5, 0.6) is 0 Å². The fourth-order valence-corrected chi connectivity index (χ4v) is 2.57. The molecule has 1 fully saturated rings. The highest BCUT2D eigenvalue weighted by atomic mass is 16.5. The summed E-state index contributed by atoms with van der Waals surface area (Å²) in [7, 11) is 3.87. The maximum Gasteiger partial charge on any atom is 0.230 e. The molecule has 0 amide bonds. The van der Waals surface area contributed by atoms with Crippen LogP contribution >= 0.6 is 0 Å². The lowest BCUT2D eigenvalue weighted by molar-refractivity contribution is 0.0336. The zero-order chi connectivity index (χ0) is 18.0. The van der Waals surface area contributed by atoms with Crippen LogP contribution < -0.4 is 9.80 Å². The first-order chi connectivity index (χ1) is 12.0. The van der Waals surface area contributed by atoms with Gasteiger partial charge in [-0.15, -0.1) is 0 Å². The number of anilines is 2. The number of hydrogen-bond acceptors (Lipinski definition) is 8. The minimum Gasteiger partial charge on any atom is -0.366 e. The van der Waals surface area contributed by atoms with Crippen LogP contribution in [0.3, 0.4) is 0 Å². The summed E-state index contributed by atoms with van der Waals surface area (Å²) >= 11 is 0. The zero-order valence-electron chi connectivity index (χ0n) is 15.5. The van der Waals surface area contributed by atoms with Gasteiger partial charge in [-0.1, -0.05) is 20.8 Å². The summed E-state index contributed by atoms with van der Waals surface area (Å²) in [5.74, 6) is 3.94. The Balaban J connectivity index is 1.85. The number of hydrogen-bond donors (Lipinski definition) is 1. The Hall–Kier alpha value is -2.29. The maximum absolute atomic E-state index is 5.86. The van der Waals surface area contributed by atoms with E-state index in [9.17, 15) is 0 Å². The molecule has 3 heterocycles. The van der Waals surface area contributed by atoms with Gasteiger partial charge >= 0.3 is 0 Å². The van der Waals surface area contributed by atoms with Gasteiger partial charge in [0.05, 0.1) is 13.2 Å². The van der Waals surface area contributed by atoms with Crippen LogP contribution in [0.2, 0.25) is 0 Å². The molecule has 0 bridgehead atoms. The van der Waals surface area contributed by atoms with Crippen LogP contribution in [-0.2, 0) is 11.2 Å². The Kier molecular flexibility index (Phi) is 5.12. The Bertz CT molecular complexity index is 688. The molecule has 1 aliphatic heterocycles. The molecule has 3 rings (SSSR count). The lowest BCUT2D eigenvalue weighted by Gasteiger charge is -2.32. The summed E-state index contributed by atoms with van der Waals surface area (Å²) in [6, 6.07) is 0. The molecule has 0 saturated carbocycles. The number of aromatic nitrogens is 6. The number of rotatable bonds is 5. The van der Waals surface area contributed by atoms with E-state index in [0.29, 0.717) is 30.9 Å². The number of H-pyrrole nitrogens is 1. The molecule has 0 aliphatic carbocycles. The summed E-state index contributed by atoms with van der Waals surface area (Å²) in [5.41, 5.74) is 0. The van der Waals surface area contributed by atoms with Gasteiger partial charge < -0.3 is 14.5 Å². The molecular formula is C16H26N8O. The van der Waals surface area contributed by atoms with Crippen LogP contribution in [0, 0.1) is 0 Å². The van der Waals surface area contributed by atoms with Crippen LogP contribution in [0.1, 0.15) is 50.3 Å². The predicted octanol–water partition coefficient (Wildman–Crippen LogP) is 1.32. The van der Waals surface area contributed by atoms with Crippen molar-refractivity contribution in [1.29, 1.82) is 0 Å². The second-order valence-corrected chi connectivity index (χ2v) is 6.64. The Morgan fingerprint density at radius 3 is 2.68 bits per heavy atom. The molecule has 1 saturated heterocycles. The van der Waals surface area contributed by atoms with E-state index in [2.05, 4.69) is 48.9 Å². The van der Waals surface area contributed by atoms with Crippen LogP contribution in [0.4, 0.5) is 11.9 Å². The summed E-state index contributed by atoms with van der Waals surface area (Å²) in [6.45, 7) is 8.15. The van der Waals surface area contributed by atoms with Gasteiger partial charge in [-0.05, 0) is 0 Å². The molecular weight excluding hydrogens is 320 g/mol. The second kappa shape index (κ2) is 7.30. The number of morpholine rings is 1. The molecule has 1 N–H and O–H groups in total. The fraction of sp³-hybridized carbons (Fsp3) is 0.688. The molecule has 0 spiro atoms. The molecule has 1 atom stereocenters. The lowest BCUT2D eigenvalue weighted by Crippen LogP contribution is -2.40. The average Bonchev–Trinajstić information content (AvgIpc) is 3.10.